The summed E-state index contributed by atoms with van der Waals surface area (Å²) >= 11 is 12.3. The zero-order valence-electron chi connectivity index (χ0n) is 13.2. The molecule has 24 heavy (non-hydrogen) atoms. The van der Waals surface area contributed by atoms with Gasteiger partial charge in [-0.15, -0.1) is 11.6 Å². The van der Waals surface area contributed by atoms with Crippen LogP contribution >= 0.6 is 23.2 Å². The van der Waals surface area contributed by atoms with E-state index in [2.05, 4.69) is 9.88 Å². The van der Waals surface area contributed by atoms with Gasteiger partial charge in [-0.3, -0.25) is 0 Å². The van der Waals surface area contributed by atoms with Gasteiger partial charge in [-0.25, -0.2) is 9.97 Å². The fourth-order valence-electron chi connectivity index (χ4n) is 2.71. The van der Waals surface area contributed by atoms with Crippen LogP contribution in [0.25, 0.3) is 11.3 Å². The second kappa shape index (κ2) is 8.01. The zero-order chi connectivity index (χ0) is 16.9. The maximum Gasteiger partial charge on any atom is 0.227 e. The molecule has 0 amide bonds. The van der Waals surface area contributed by atoms with Crippen molar-refractivity contribution in [1.82, 2.24) is 9.97 Å². The van der Waals surface area contributed by atoms with Gasteiger partial charge in [-0.05, 0) is 25.0 Å². The molecule has 1 saturated heterocycles. The van der Waals surface area contributed by atoms with Crippen molar-refractivity contribution in [3.05, 3.63) is 35.0 Å². The number of rotatable bonds is 5. The van der Waals surface area contributed by atoms with Gasteiger partial charge in [0.2, 0.25) is 5.95 Å². The Morgan fingerprint density at radius 1 is 1.21 bits per heavy atom. The standard InChI is InChI=1S/C17H19Cl2N3O2/c18-6-2-5-14-15(12-3-1-4-13(23)11-12)20-17(21-16(14)19)22-7-9-24-10-8-22/h1,3-4,11,23H,2,5-10H2. The fraction of sp³-hybridized carbons (Fsp3) is 0.412. The highest BCUT2D eigenvalue weighted by Crippen LogP contribution is 2.31. The lowest BCUT2D eigenvalue weighted by Gasteiger charge is -2.27. The SMILES string of the molecule is Oc1cccc(-c2nc(N3CCOCC3)nc(Cl)c2CCCCl)c1. The monoisotopic (exact) mass is 367 g/mol. The number of phenols is 1. The van der Waals surface area contributed by atoms with Gasteiger partial charge < -0.3 is 14.7 Å². The third-order valence-electron chi connectivity index (χ3n) is 3.92. The van der Waals surface area contributed by atoms with E-state index in [0.29, 0.717) is 36.6 Å². The smallest absolute Gasteiger partial charge is 0.227 e. The Balaban J connectivity index is 2.05. The zero-order valence-corrected chi connectivity index (χ0v) is 14.7. The number of nitrogens with zero attached hydrogens (tertiary/aromatic N) is 3. The molecule has 0 unspecified atom stereocenters. The molecule has 0 saturated carbocycles. The Hall–Kier alpha value is -1.56. The summed E-state index contributed by atoms with van der Waals surface area (Å²) in [6, 6.07) is 7.02. The van der Waals surface area contributed by atoms with E-state index in [1.54, 1.807) is 18.2 Å². The van der Waals surface area contributed by atoms with Crippen molar-refractivity contribution in [2.24, 2.45) is 0 Å². The molecule has 1 aromatic heterocycles. The van der Waals surface area contributed by atoms with Gasteiger partial charge in [0, 0.05) is 30.1 Å². The van der Waals surface area contributed by atoms with E-state index < -0.39 is 0 Å². The molecule has 1 aliphatic rings. The average Bonchev–Trinajstić information content (AvgIpc) is 2.61. The maximum absolute atomic E-state index is 9.80. The van der Waals surface area contributed by atoms with Crippen LogP contribution in [0.2, 0.25) is 5.15 Å². The number of aromatic hydroxyl groups is 1. The Labute approximate surface area is 151 Å². The van der Waals surface area contributed by atoms with Gasteiger partial charge in [0.05, 0.1) is 18.9 Å². The molecule has 0 bridgehead atoms. The second-order valence-corrected chi connectivity index (χ2v) is 6.32. The number of aromatic nitrogens is 2. The van der Waals surface area contributed by atoms with E-state index in [1.807, 2.05) is 6.07 Å². The summed E-state index contributed by atoms with van der Waals surface area (Å²) in [6.45, 7) is 2.76. The Morgan fingerprint density at radius 2 is 2.00 bits per heavy atom. The summed E-state index contributed by atoms with van der Waals surface area (Å²) in [5.74, 6) is 1.33. The van der Waals surface area contributed by atoms with Gasteiger partial charge in [0.15, 0.2) is 0 Å². The van der Waals surface area contributed by atoms with Crippen LogP contribution in [-0.2, 0) is 11.2 Å². The predicted molar refractivity (Wildman–Crippen MR) is 96.2 cm³/mol. The molecule has 5 nitrogen and oxygen atoms in total. The maximum atomic E-state index is 9.80. The lowest BCUT2D eigenvalue weighted by atomic mass is 10.0. The summed E-state index contributed by atoms with van der Waals surface area (Å²) in [7, 11) is 0. The van der Waals surface area contributed by atoms with Gasteiger partial charge in [0.25, 0.3) is 0 Å². The van der Waals surface area contributed by atoms with Crippen molar-refractivity contribution in [1.29, 1.82) is 0 Å². The molecule has 0 radical (unpaired) electrons. The molecular weight excluding hydrogens is 349 g/mol. The van der Waals surface area contributed by atoms with Crippen molar-refractivity contribution in [2.75, 3.05) is 37.1 Å². The Morgan fingerprint density at radius 3 is 2.71 bits per heavy atom. The minimum absolute atomic E-state index is 0.193. The van der Waals surface area contributed by atoms with Gasteiger partial charge in [-0.1, -0.05) is 23.7 Å². The number of anilines is 1. The highest BCUT2D eigenvalue weighted by Gasteiger charge is 2.20. The summed E-state index contributed by atoms with van der Waals surface area (Å²) in [4.78, 5) is 11.3. The molecule has 7 heteroatoms. The minimum atomic E-state index is 0.193. The first-order chi connectivity index (χ1) is 11.7. The van der Waals surface area contributed by atoms with E-state index in [-0.39, 0.29) is 5.75 Å². The molecule has 1 N–H and O–H groups in total. The van der Waals surface area contributed by atoms with Crippen LogP contribution in [0.1, 0.15) is 12.0 Å². The molecule has 2 heterocycles. The third-order valence-corrected chi connectivity index (χ3v) is 4.50. The summed E-state index contributed by atoms with van der Waals surface area (Å²) in [5, 5.41) is 10.2. The third kappa shape index (κ3) is 3.91. The normalized spacial score (nSPS) is 14.8. The van der Waals surface area contributed by atoms with Crippen molar-refractivity contribution in [3.63, 3.8) is 0 Å². The summed E-state index contributed by atoms with van der Waals surface area (Å²) < 4.78 is 5.38. The summed E-state index contributed by atoms with van der Waals surface area (Å²) in [6.07, 6.45) is 1.48. The predicted octanol–water partition coefficient (Wildman–Crippen LogP) is 3.51. The summed E-state index contributed by atoms with van der Waals surface area (Å²) in [5.41, 5.74) is 2.43. The van der Waals surface area contributed by atoms with Crippen molar-refractivity contribution in [3.8, 4) is 17.0 Å². The van der Waals surface area contributed by atoms with Crippen LogP contribution in [0.4, 0.5) is 5.95 Å². The molecule has 2 aromatic rings. The molecule has 128 valence electrons. The lowest BCUT2D eigenvalue weighted by Crippen LogP contribution is -2.37. The molecule has 1 aromatic carbocycles. The van der Waals surface area contributed by atoms with Gasteiger partial charge in [-0.2, -0.15) is 0 Å². The van der Waals surface area contributed by atoms with Crippen LogP contribution in [-0.4, -0.2) is 47.3 Å². The van der Waals surface area contributed by atoms with Gasteiger partial charge >= 0.3 is 0 Å². The first-order valence-electron chi connectivity index (χ1n) is 7.93. The minimum Gasteiger partial charge on any atom is -0.508 e. The number of ether oxygens (including phenoxy) is 1. The molecule has 0 spiro atoms. The van der Waals surface area contributed by atoms with Crippen molar-refractivity contribution < 1.29 is 9.84 Å². The topological polar surface area (TPSA) is 58.5 Å². The van der Waals surface area contributed by atoms with Crippen molar-refractivity contribution in [2.45, 2.75) is 12.8 Å². The molecule has 1 aliphatic heterocycles. The van der Waals surface area contributed by atoms with Crippen molar-refractivity contribution >= 4 is 29.2 Å². The molecule has 0 atom stereocenters. The highest BCUT2D eigenvalue weighted by molar-refractivity contribution is 6.30. The van der Waals surface area contributed by atoms with E-state index in [0.717, 1.165) is 36.3 Å². The Kier molecular flexibility index (Phi) is 5.76. The quantitative estimate of drug-likeness (QED) is 0.647. The van der Waals surface area contributed by atoms with Crippen LogP contribution in [0.5, 0.6) is 5.75 Å². The van der Waals surface area contributed by atoms with E-state index >= 15 is 0 Å². The number of hydrogen-bond acceptors (Lipinski definition) is 5. The highest BCUT2D eigenvalue weighted by atomic mass is 35.5. The number of halogens is 2. The van der Waals surface area contributed by atoms with Crippen LogP contribution in [0.15, 0.2) is 24.3 Å². The molecule has 3 rings (SSSR count). The number of hydrogen-bond donors (Lipinski definition) is 1. The van der Waals surface area contributed by atoms with Gasteiger partial charge in [0.1, 0.15) is 10.9 Å². The number of benzene rings is 1. The first kappa shape index (κ1) is 17.3. The van der Waals surface area contributed by atoms with Crippen LogP contribution in [0.3, 0.4) is 0 Å². The number of phenolic OH excluding ortho intramolecular Hbond substituents is 1. The van der Waals surface area contributed by atoms with E-state index in [9.17, 15) is 5.11 Å². The number of morpholine rings is 1. The second-order valence-electron chi connectivity index (χ2n) is 5.58. The van der Waals surface area contributed by atoms with E-state index in [1.165, 1.54) is 0 Å². The molecular formula is C17H19Cl2N3O2. The molecule has 1 fully saturated rings. The number of alkyl halides is 1. The van der Waals surface area contributed by atoms with Crippen LogP contribution < -0.4 is 4.90 Å². The lowest BCUT2D eigenvalue weighted by molar-refractivity contribution is 0.122. The Bertz CT molecular complexity index is 706. The van der Waals surface area contributed by atoms with Crippen LogP contribution in [0, 0.1) is 0 Å². The van der Waals surface area contributed by atoms with E-state index in [4.69, 9.17) is 32.9 Å². The fourth-order valence-corrected chi connectivity index (χ4v) is 3.10. The average molecular weight is 368 g/mol. The molecule has 0 aliphatic carbocycles. The first-order valence-corrected chi connectivity index (χ1v) is 8.85. The largest absolute Gasteiger partial charge is 0.508 e.